The predicted molar refractivity (Wildman–Crippen MR) is 134 cm³/mol. The van der Waals surface area contributed by atoms with Gasteiger partial charge in [0.2, 0.25) is 0 Å². The first kappa shape index (κ1) is 24.3. The second kappa shape index (κ2) is 9.90. The van der Waals surface area contributed by atoms with Crippen LogP contribution in [0, 0.1) is 12.8 Å². The largest absolute Gasteiger partial charge is 0.486 e. The molecule has 0 unspecified atom stereocenters. The van der Waals surface area contributed by atoms with Crippen LogP contribution in [0.4, 0.5) is 4.39 Å². The number of likely N-dealkylation sites (tertiary alicyclic amines) is 2. The molecule has 35 heavy (non-hydrogen) atoms. The van der Waals surface area contributed by atoms with Gasteiger partial charge in [0, 0.05) is 89.4 Å². The highest BCUT2D eigenvalue weighted by Crippen LogP contribution is 2.41. The van der Waals surface area contributed by atoms with Crippen LogP contribution in [0.3, 0.4) is 0 Å². The minimum Gasteiger partial charge on any atom is -0.486 e. The quantitative estimate of drug-likeness (QED) is 0.514. The van der Waals surface area contributed by atoms with Gasteiger partial charge in [-0.15, -0.1) is 0 Å². The molecule has 1 spiro atoms. The monoisotopic (exact) mass is 484 g/mol. The van der Waals surface area contributed by atoms with E-state index in [4.69, 9.17) is 9.57 Å². The Bertz CT molecular complexity index is 990. The van der Waals surface area contributed by atoms with Crippen molar-refractivity contribution in [2.75, 3.05) is 52.9 Å². The molecule has 4 heterocycles. The molecule has 8 heteroatoms. The second-order valence-electron chi connectivity index (χ2n) is 10.6. The number of hydrogen-bond acceptors (Lipinski definition) is 6. The molecule has 3 fully saturated rings. The summed E-state index contributed by atoms with van der Waals surface area (Å²) < 4.78 is 22.2. The SMILES string of the molecule is CO/N=C1\CC2(CCN(C(=O)C3(F)CCN(C/C=C/C4CNC4)CC3)CC2)Oc2ccc(C)cc21. The van der Waals surface area contributed by atoms with Gasteiger partial charge in [-0.3, -0.25) is 9.69 Å². The summed E-state index contributed by atoms with van der Waals surface area (Å²) >= 11 is 0. The number of carbonyl (C=O) groups excluding carboxylic acids is 1. The minimum absolute atomic E-state index is 0.264. The smallest absolute Gasteiger partial charge is 0.260 e. The molecule has 4 aliphatic rings. The summed E-state index contributed by atoms with van der Waals surface area (Å²) in [5, 5.41) is 7.55. The number of piperidine rings is 2. The molecule has 5 rings (SSSR count). The van der Waals surface area contributed by atoms with Gasteiger partial charge in [-0.2, -0.15) is 0 Å². The van der Waals surface area contributed by atoms with E-state index in [2.05, 4.69) is 33.6 Å². The normalized spacial score (nSPS) is 25.3. The molecule has 0 aliphatic carbocycles. The molecule has 0 saturated carbocycles. The zero-order valence-corrected chi connectivity index (χ0v) is 20.9. The summed E-state index contributed by atoms with van der Waals surface area (Å²) in [4.78, 5) is 22.3. The number of oxime groups is 1. The topological polar surface area (TPSA) is 66.4 Å². The Balaban J connectivity index is 1.17. The number of halogens is 1. The van der Waals surface area contributed by atoms with Crippen molar-refractivity contribution in [3.63, 3.8) is 0 Å². The van der Waals surface area contributed by atoms with Crippen LogP contribution in [0.15, 0.2) is 35.5 Å². The second-order valence-corrected chi connectivity index (χ2v) is 10.6. The molecule has 1 aromatic rings. The van der Waals surface area contributed by atoms with Gasteiger partial charge in [0.1, 0.15) is 18.5 Å². The van der Waals surface area contributed by atoms with Gasteiger partial charge in [0.15, 0.2) is 5.67 Å². The summed E-state index contributed by atoms with van der Waals surface area (Å²) in [7, 11) is 1.56. The Morgan fingerprint density at radius 3 is 2.63 bits per heavy atom. The van der Waals surface area contributed by atoms with Crippen molar-refractivity contribution in [2.45, 2.75) is 50.3 Å². The third-order valence-corrected chi connectivity index (χ3v) is 8.04. The Morgan fingerprint density at radius 2 is 1.97 bits per heavy atom. The predicted octanol–water partition coefficient (Wildman–Crippen LogP) is 3.07. The van der Waals surface area contributed by atoms with Gasteiger partial charge in [-0.25, -0.2) is 4.39 Å². The van der Waals surface area contributed by atoms with Gasteiger partial charge in [0.05, 0.1) is 5.71 Å². The van der Waals surface area contributed by atoms with Gasteiger partial charge >= 0.3 is 0 Å². The first-order valence-electron chi connectivity index (χ1n) is 12.9. The summed E-state index contributed by atoms with van der Waals surface area (Å²) in [6, 6.07) is 6.08. The number of rotatable bonds is 5. The van der Waals surface area contributed by atoms with Gasteiger partial charge < -0.3 is 19.8 Å². The van der Waals surface area contributed by atoms with E-state index in [1.807, 2.05) is 19.1 Å². The first-order chi connectivity index (χ1) is 16.9. The van der Waals surface area contributed by atoms with Crippen molar-refractivity contribution in [2.24, 2.45) is 11.1 Å². The highest BCUT2D eigenvalue weighted by atomic mass is 19.1. The lowest BCUT2D eigenvalue weighted by molar-refractivity contribution is -0.150. The molecule has 1 amide bonds. The van der Waals surface area contributed by atoms with E-state index in [9.17, 15) is 4.79 Å². The molecule has 0 bridgehead atoms. The van der Waals surface area contributed by atoms with Crippen LogP contribution in [0.2, 0.25) is 0 Å². The van der Waals surface area contributed by atoms with Crippen molar-refractivity contribution >= 4 is 11.6 Å². The van der Waals surface area contributed by atoms with Crippen molar-refractivity contribution in [1.29, 1.82) is 0 Å². The molecule has 4 aliphatic heterocycles. The highest BCUT2D eigenvalue weighted by molar-refractivity contribution is 6.04. The number of nitrogens with zero attached hydrogens (tertiary/aromatic N) is 3. The average molecular weight is 485 g/mol. The summed E-state index contributed by atoms with van der Waals surface area (Å²) in [6.07, 6.45) is 6.89. The Labute approximate surface area is 207 Å². The highest BCUT2D eigenvalue weighted by Gasteiger charge is 2.48. The van der Waals surface area contributed by atoms with Crippen LogP contribution in [0.1, 0.15) is 43.2 Å². The number of hydrogen-bond donors (Lipinski definition) is 1. The Kier molecular flexibility index (Phi) is 6.86. The number of ether oxygens (including phenoxy) is 1. The van der Waals surface area contributed by atoms with E-state index in [0.717, 1.165) is 42.2 Å². The standard InChI is InChI=1S/C27H37FN4O3/c1-20-5-6-24-22(16-20)23(30-34-2)17-26(35-24)7-14-32(15-8-26)25(33)27(28)9-12-31(13-10-27)11-3-4-21-18-29-19-21/h3-6,16,21,29H,7-15,17-19H2,1-2H3/b4-3+,30-23+. The zero-order valence-electron chi connectivity index (χ0n) is 20.9. The van der Waals surface area contributed by atoms with Crippen LogP contribution in [0.25, 0.3) is 0 Å². The number of carbonyl (C=O) groups is 1. The molecular weight excluding hydrogens is 447 g/mol. The maximum atomic E-state index is 15.8. The molecule has 0 atom stereocenters. The summed E-state index contributed by atoms with van der Waals surface area (Å²) in [5.41, 5.74) is 0.770. The zero-order chi connectivity index (χ0) is 24.5. The van der Waals surface area contributed by atoms with Gasteiger partial charge in [-0.1, -0.05) is 28.9 Å². The van der Waals surface area contributed by atoms with E-state index in [0.29, 0.717) is 51.4 Å². The molecule has 190 valence electrons. The number of aryl methyl sites for hydroxylation is 1. The van der Waals surface area contributed by atoms with Crippen molar-refractivity contribution in [1.82, 2.24) is 15.1 Å². The van der Waals surface area contributed by atoms with E-state index in [1.54, 1.807) is 12.0 Å². The lowest BCUT2D eigenvalue weighted by Gasteiger charge is -2.46. The van der Waals surface area contributed by atoms with E-state index < -0.39 is 11.3 Å². The maximum Gasteiger partial charge on any atom is 0.260 e. The molecule has 0 radical (unpaired) electrons. The third-order valence-electron chi connectivity index (χ3n) is 8.04. The fourth-order valence-electron chi connectivity index (χ4n) is 5.65. The van der Waals surface area contributed by atoms with Crippen LogP contribution >= 0.6 is 0 Å². The molecule has 7 nitrogen and oxygen atoms in total. The van der Waals surface area contributed by atoms with Gasteiger partial charge in [0.25, 0.3) is 5.91 Å². The molecule has 1 N–H and O–H groups in total. The Morgan fingerprint density at radius 1 is 1.23 bits per heavy atom. The number of fused-ring (bicyclic) bond motifs is 1. The van der Waals surface area contributed by atoms with Crippen LogP contribution < -0.4 is 10.1 Å². The van der Waals surface area contributed by atoms with E-state index in [1.165, 1.54) is 0 Å². The molecule has 1 aromatic carbocycles. The van der Waals surface area contributed by atoms with Crippen LogP contribution in [0.5, 0.6) is 5.75 Å². The maximum absolute atomic E-state index is 15.8. The first-order valence-corrected chi connectivity index (χ1v) is 12.9. The molecular formula is C27H37FN4O3. The van der Waals surface area contributed by atoms with Crippen molar-refractivity contribution in [3.05, 3.63) is 41.5 Å². The lowest BCUT2D eigenvalue weighted by atomic mass is 9.81. The molecule has 0 aromatic heterocycles. The van der Waals surface area contributed by atoms with Crippen LogP contribution in [-0.4, -0.2) is 85.6 Å². The third kappa shape index (κ3) is 5.09. The number of alkyl halides is 1. The number of benzene rings is 1. The fraction of sp³-hybridized carbons (Fsp3) is 0.630. The van der Waals surface area contributed by atoms with Gasteiger partial charge in [-0.05, 0) is 19.1 Å². The minimum atomic E-state index is -1.76. The summed E-state index contributed by atoms with van der Waals surface area (Å²) in [6.45, 7) is 7.19. The van der Waals surface area contributed by atoms with Crippen LogP contribution in [-0.2, 0) is 9.63 Å². The molecule has 3 saturated heterocycles. The average Bonchev–Trinajstić information content (AvgIpc) is 2.83. The van der Waals surface area contributed by atoms with Crippen molar-refractivity contribution in [3.8, 4) is 5.75 Å². The Hall–Kier alpha value is -2.45. The number of amides is 1. The number of nitrogens with one attached hydrogen (secondary N) is 1. The fourth-order valence-corrected chi connectivity index (χ4v) is 5.65. The van der Waals surface area contributed by atoms with Crippen molar-refractivity contribution < 1.29 is 18.8 Å². The van der Waals surface area contributed by atoms with E-state index >= 15 is 4.39 Å². The van der Waals surface area contributed by atoms with E-state index in [-0.39, 0.29) is 18.7 Å². The lowest BCUT2D eigenvalue weighted by Crippen LogP contribution is -2.57. The summed E-state index contributed by atoms with van der Waals surface area (Å²) in [5.74, 6) is 1.08.